The van der Waals surface area contributed by atoms with Gasteiger partial charge in [-0.1, -0.05) is 152 Å². The molecule has 0 bridgehead atoms. The third-order valence-corrected chi connectivity index (χ3v) is 18.8. The number of hydrogen-bond acceptors (Lipinski definition) is 12. The lowest BCUT2D eigenvalue weighted by molar-refractivity contribution is -0.251. The maximum Gasteiger partial charge on any atom is 0.243 e. The molecule has 5 aromatic carbocycles. The molecule has 19 nitrogen and oxygen atoms in total. The fourth-order valence-corrected chi connectivity index (χ4v) is 13.7. The molecular formula is C72H98N10O9. The summed E-state index contributed by atoms with van der Waals surface area (Å²) in [5.74, 6) is -3.91. The fourth-order valence-electron chi connectivity index (χ4n) is 13.7. The van der Waals surface area contributed by atoms with Gasteiger partial charge in [0.25, 0.3) is 0 Å². The van der Waals surface area contributed by atoms with Crippen LogP contribution in [0.1, 0.15) is 174 Å². The SMILES string of the molecule is CC(c1ccccc1)N(CC(N)=O)C(=O)CN(C(=O)CN(C(=O)CN(C(=O)CN(C(=O)CN(C(=O)CNC1CC(C)(C)N(O)C(C)(C)C1)[C@H](C)c1ccccc1)C(C)c1ccccc1)C1CC(C)(C)N(O)C(C)(C)C1)[C@H](C)c1ccccc1)[C@H](C)c1ccccc1. The second kappa shape index (κ2) is 30.1. The molecule has 19 heteroatoms. The Bertz CT molecular complexity index is 3230. The summed E-state index contributed by atoms with van der Waals surface area (Å²) in [6.07, 6.45) is 1.54. The van der Waals surface area contributed by atoms with Crippen LogP contribution in [0.15, 0.2) is 152 Å². The molecule has 490 valence electrons. The van der Waals surface area contributed by atoms with Gasteiger partial charge in [-0.25, -0.2) is 0 Å². The largest absolute Gasteiger partial charge is 0.368 e. The maximum atomic E-state index is 16.0. The van der Waals surface area contributed by atoms with E-state index in [4.69, 9.17) is 5.73 Å². The van der Waals surface area contributed by atoms with Gasteiger partial charge in [-0.3, -0.25) is 33.6 Å². The zero-order valence-corrected chi connectivity index (χ0v) is 55.7. The Morgan fingerprint density at radius 3 is 0.923 bits per heavy atom. The van der Waals surface area contributed by atoms with E-state index in [1.807, 2.05) is 221 Å². The zero-order chi connectivity index (χ0) is 66.8. The molecule has 0 aromatic heterocycles. The molecule has 5 N–H and O–H groups in total. The fraction of sp³-hybridized carbons (Fsp3) is 0.486. The lowest BCUT2D eigenvalue weighted by atomic mass is 9.78. The molecule has 91 heavy (non-hydrogen) atoms. The van der Waals surface area contributed by atoms with E-state index in [1.54, 1.807) is 20.8 Å². The lowest BCUT2D eigenvalue weighted by Gasteiger charge is -2.53. The molecule has 7 amide bonds. The van der Waals surface area contributed by atoms with Crippen LogP contribution in [0.5, 0.6) is 0 Å². The molecule has 2 unspecified atom stereocenters. The summed E-state index contributed by atoms with van der Waals surface area (Å²) in [7, 11) is 0. The molecule has 2 heterocycles. The van der Waals surface area contributed by atoms with Gasteiger partial charge in [0.15, 0.2) is 0 Å². The number of amides is 7. The summed E-state index contributed by atoms with van der Waals surface area (Å²) >= 11 is 0. The van der Waals surface area contributed by atoms with Crippen LogP contribution >= 0.6 is 0 Å². The summed E-state index contributed by atoms with van der Waals surface area (Å²) in [6, 6.07) is 42.1. The molecule has 2 saturated heterocycles. The summed E-state index contributed by atoms with van der Waals surface area (Å²) in [5.41, 5.74) is 6.43. The minimum Gasteiger partial charge on any atom is -0.368 e. The van der Waals surface area contributed by atoms with Gasteiger partial charge in [-0.05, 0) is 144 Å². The Morgan fingerprint density at radius 1 is 0.396 bits per heavy atom. The molecule has 0 radical (unpaired) electrons. The van der Waals surface area contributed by atoms with Crippen molar-refractivity contribution < 1.29 is 44.0 Å². The highest BCUT2D eigenvalue weighted by atomic mass is 16.5. The highest BCUT2D eigenvalue weighted by Crippen LogP contribution is 2.40. The second-order valence-electron chi connectivity index (χ2n) is 27.5. The molecule has 7 rings (SSSR count). The Kier molecular flexibility index (Phi) is 23.4. The quantitative estimate of drug-likeness (QED) is 0.0406. The van der Waals surface area contributed by atoms with Crippen molar-refractivity contribution in [3.05, 3.63) is 179 Å². The van der Waals surface area contributed by atoms with Crippen LogP contribution < -0.4 is 11.1 Å². The van der Waals surface area contributed by atoms with Crippen LogP contribution in [0.25, 0.3) is 0 Å². The zero-order valence-electron chi connectivity index (χ0n) is 55.7. The predicted octanol–water partition coefficient (Wildman–Crippen LogP) is 9.66. The standard InChI is InChI=1S/C72H98N10O9/c1-50(55-29-19-14-20-30-55)75(44-62(73)83)64(85)46-77(52(3)57-33-23-16-24-34-57)66(87)47-78(53(4)58-35-25-17-26-36-58)67(88)49-80(61-41-71(10,11)82(91)72(12,13)42-61)68(89)48-79(54(5)59-37-27-18-28-38-59)65(86)45-76(51(2)56-31-21-15-22-32-56)63(84)43-74-60-39-69(6,7)81(90)70(8,9)40-60/h14-38,50-54,60-61,74,90-91H,39-49H2,1-13H3,(H2,73,83)/t50?,51-,52-,53-,54?/m1/s1. The van der Waals surface area contributed by atoms with E-state index in [0.717, 1.165) is 16.7 Å². The number of nitrogens with two attached hydrogens (primary N) is 1. The first-order valence-electron chi connectivity index (χ1n) is 31.8. The summed E-state index contributed by atoms with van der Waals surface area (Å²) < 4.78 is 0. The lowest BCUT2D eigenvalue weighted by Crippen LogP contribution is -2.65. The van der Waals surface area contributed by atoms with Crippen LogP contribution in [0, 0.1) is 0 Å². The van der Waals surface area contributed by atoms with Crippen molar-refractivity contribution in [3.8, 4) is 0 Å². The Labute approximate surface area is 539 Å². The van der Waals surface area contributed by atoms with E-state index in [2.05, 4.69) is 5.32 Å². The second-order valence-corrected chi connectivity index (χ2v) is 27.5. The van der Waals surface area contributed by atoms with Gasteiger partial charge in [0.2, 0.25) is 41.4 Å². The van der Waals surface area contributed by atoms with Crippen molar-refractivity contribution in [3.63, 3.8) is 0 Å². The molecule has 2 aliphatic heterocycles. The van der Waals surface area contributed by atoms with Crippen molar-refractivity contribution >= 4 is 41.4 Å². The Morgan fingerprint density at radius 2 is 0.637 bits per heavy atom. The van der Waals surface area contributed by atoms with Gasteiger partial charge >= 0.3 is 0 Å². The number of nitrogens with zero attached hydrogens (tertiary/aromatic N) is 8. The monoisotopic (exact) mass is 1250 g/mol. The third kappa shape index (κ3) is 17.6. The van der Waals surface area contributed by atoms with E-state index in [-0.39, 0.29) is 31.3 Å². The maximum absolute atomic E-state index is 16.0. The van der Waals surface area contributed by atoms with Crippen LogP contribution in [0.3, 0.4) is 0 Å². The first kappa shape index (κ1) is 70.6. The summed E-state index contributed by atoms with van der Waals surface area (Å²) in [5, 5.41) is 28.9. The minimum atomic E-state index is -0.919. The van der Waals surface area contributed by atoms with Gasteiger partial charge in [0, 0.05) is 34.2 Å². The van der Waals surface area contributed by atoms with E-state index in [0.29, 0.717) is 24.0 Å². The summed E-state index contributed by atoms with van der Waals surface area (Å²) in [4.78, 5) is 114. The molecule has 2 aliphatic rings. The molecule has 0 spiro atoms. The van der Waals surface area contributed by atoms with Gasteiger partial charge in [0.1, 0.15) is 32.7 Å². The van der Waals surface area contributed by atoms with E-state index < -0.39 is 133 Å². The van der Waals surface area contributed by atoms with E-state index >= 15 is 19.2 Å². The Balaban J connectivity index is 1.26. The minimum absolute atomic E-state index is 0.105. The van der Waals surface area contributed by atoms with Crippen LogP contribution in [-0.4, -0.2) is 171 Å². The third-order valence-electron chi connectivity index (χ3n) is 18.8. The predicted molar refractivity (Wildman–Crippen MR) is 351 cm³/mol. The van der Waals surface area contributed by atoms with E-state index in [1.165, 1.54) is 39.5 Å². The molecule has 5 atom stereocenters. The van der Waals surface area contributed by atoms with Gasteiger partial charge in [-0.2, -0.15) is 10.1 Å². The molecule has 0 aliphatic carbocycles. The smallest absolute Gasteiger partial charge is 0.243 e. The molecule has 5 aromatic rings. The Hall–Kier alpha value is -7.81. The van der Waals surface area contributed by atoms with Crippen LogP contribution in [0.4, 0.5) is 0 Å². The average molecular weight is 1250 g/mol. The number of rotatable bonds is 26. The van der Waals surface area contributed by atoms with Gasteiger partial charge < -0.3 is 50.9 Å². The van der Waals surface area contributed by atoms with Crippen LogP contribution in [0.2, 0.25) is 0 Å². The van der Waals surface area contributed by atoms with Crippen molar-refractivity contribution in [2.45, 2.75) is 180 Å². The number of carbonyl (C=O) groups is 7. The normalized spacial score (nSPS) is 18.1. The first-order valence-corrected chi connectivity index (χ1v) is 31.8. The number of primary amides is 1. The van der Waals surface area contributed by atoms with Crippen LogP contribution in [-0.2, 0) is 33.6 Å². The number of carbonyl (C=O) groups excluding carboxylic acids is 7. The summed E-state index contributed by atoms with van der Waals surface area (Å²) in [6.45, 7) is 21.3. The average Bonchev–Trinajstić information content (AvgIpc) is 0.827. The number of hydrogen-bond donors (Lipinski definition) is 4. The highest BCUT2D eigenvalue weighted by Gasteiger charge is 2.49. The van der Waals surface area contributed by atoms with E-state index in [9.17, 15) is 24.8 Å². The molecule has 2 fully saturated rings. The number of benzene rings is 5. The number of nitrogens with one attached hydrogen (secondary N) is 1. The van der Waals surface area contributed by atoms with Crippen molar-refractivity contribution in [1.29, 1.82) is 0 Å². The van der Waals surface area contributed by atoms with Gasteiger partial charge in [-0.15, -0.1) is 0 Å². The molecule has 0 saturated carbocycles. The van der Waals surface area contributed by atoms with Crippen molar-refractivity contribution in [2.24, 2.45) is 5.73 Å². The molecular weight excluding hydrogens is 1150 g/mol. The van der Waals surface area contributed by atoms with Crippen molar-refractivity contribution in [2.75, 3.05) is 45.8 Å². The van der Waals surface area contributed by atoms with Gasteiger partial charge in [0.05, 0.1) is 43.3 Å². The van der Waals surface area contributed by atoms with Crippen molar-refractivity contribution in [1.82, 2.24) is 44.8 Å². The number of hydroxylamine groups is 4. The first-order chi connectivity index (χ1) is 42.8. The highest BCUT2D eigenvalue weighted by molar-refractivity contribution is 5.93. The number of piperidine rings is 2. The topological polar surface area (TPSA) is 224 Å².